The van der Waals surface area contributed by atoms with Crippen LogP contribution in [0.3, 0.4) is 0 Å². The number of nitrogens with one attached hydrogen (secondary N) is 1. The second kappa shape index (κ2) is 7.28. The van der Waals surface area contributed by atoms with Crippen molar-refractivity contribution in [2.24, 2.45) is 0 Å². The SMILES string of the molecule is CN(C)c1ccc(NC(=O)c2ccc(-c3ccc4c(c3)OCCO4)s2)cn1. The Morgan fingerprint density at radius 2 is 1.89 bits per heavy atom. The highest BCUT2D eigenvalue weighted by atomic mass is 32.1. The van der Waals surface area contributed by atoms with Crippen LogP contribution in [0.25, 0.3) is 10.4 Å². The van der Waals surface area contributed by atoms with Gasteiger partial charge in [0.1, 0.15) is 19.0 Å². The number of nitrogens with zero attached hydrogens (tertiary/aromatic N) is 2. The lowest BCUT2D eigenvalue weighted by Crippen LogP contribution is -2.15. The van der Waals surface area contributed by atoms with Crippen molar-refractivity contribution >= 4 is 28.7 Å². The van der Waals surface area contributed by atoms with E-state index in [9.17, 15) is 4.79 Å². The Hall–Kier alpha value is -3.06. The van der Waals surface area contributed by atoms with Gasteiger partial charge in [0.05, 0.1) is 16.8 Å². The van der Waals surface area contributed by atoms with Crippen LogP contribution in [-0.4, -0.2) is 38.2 Å². The lowest BCUT2D eigenvalue weighted by Gasteiger charge is -2.18. The molecule has 1 aliphatic rings. The van der Waals surface area contributed by atoms with Crippen molar-refractivity contribution < 1.29 is 14.3 Å². The van der Waals surface area contributed by atoms with E-state index in [1.54, 1.807) is 6.20 Å². The van der Waals surface area contributed by atoms with Crippen molar-refractivity contribution in [2.75, 3.05) is 37.5 Å². The fourth-order valence-corrected chi connectivity index (χ4v) is 3.63. The fraction of sp³-hybridized carbons (Fsp3) is 0.200. The summed E-state index contributed by atoms with van der Waals surface area (Å²) in [5.74, 6) is 2.19. The summed E-state index contributed by atoms with van der Waals surface area (Å²) in [6.45, 7) is 1.12. The quantitative estimate of drug-likeness (QED) is 0.743. The van der Waals surface area contributed by atoms with Crippen LogP contribution < -0.4 is 19.7 Å². The van der Waals surface area contributed by atoms with E-state index in [1.165, 1.54) is 11.3 Å². The molecule has 0 unspecified atom stereocenters. The molecule has 2 aromatic heterocycles. The first-order valence-electron chi connectivity index (χ1n) is 8.55. The number of anilines is 2. The van der Waals surface area contributed by atoms with Crippen LogP contribution in [0.5, 0.6) is 11.5 Å². The summed E-state index contributed by atoms with van der Waals surface area (Å²) < 4.78 is 11.2. The fourth-order valence-electron chi connectivity index (χ4n) is 2.73. The number of rotatable bonds is 4. The topological polar surface area (TPSA) is 63.7 Å². The van der Waals surface area contributed by atoms with Crippen molar-refractivity contribution in [3.63, 3.8) is 0 Å². The zero-order valence-corrected chi connectivity index (χ0v) is 15.9. The molecule has 0 atom stereocenters. The number of hydrogen-bond donors (Lipinski definition) is 1. The van der Waals surface area contributed by atoms with Gasteiger partial charge in [0.25, 0.3) is 5.91 Å². The average Bonchev–Trinajstić information content (AvgIpc) is 3.18. The van der Waals surface area contributed by atoms with Crippen LogP contribution in [-0.2, 0) is 0 Å². The summed E-state index contributed by atoms with van der Waals surface area (Å²) in [7, 11) is 3.84. The Kier molecular flexibility index (Phi) is 4.68. The Morgan fingerprint density at radius 1 is 1.07 bits per heavy atom. The number of ether oxygens (including phenoxy) is 2. The van der Waals surface area contributed by atoms with Crippen molar-refractivity contribution in [1.29, 1.82) is 0 Å². The molecule has 1 aliphatic heterocycles. The molecule has 0 radical (unpaired) electrons. The minimum Gasteiger partial charge on any atom is -0.486 e. The zero-order chi connectivity index (χ0) is 18.8. The van der Waals surface area contributed by atoms with E-state index in [2.05, 4.69) is 10.3 Å². The average molecular weight is 381 g/mol. The van der Waals surface area contributed by atoms with E-state index in [-0.39, 0.29) is 5.91 Å². The van der Waals surface area contributed by atoms with E-state index in [1.807, 2.05) is 61.5 Å². The standard InChI is InChI=1S/C20H19N3O3S/c1-23(2)19-8-4-14(12-21-19)22-20(24)18-7-6-17(27-18)13-3-5-15-16(11-13)26-10-9-25-15/h3-8,11-12H,9-10H2,1-2H3,(H,22,24). The maximum Gasteiger partial charge on any atom is 0.265 e. The molecule has 3 aromatic rings. The summed E-state index contributed by atoms with van der Waals surface area (Å²) in [5.41, 5.74) is 1.67. The number of benzene rings is 1. The molecule has 1 N–H and O–H groups in total. The first-order chi connectivity index (χ1) is 13.1. The number of pyridine rings is 1. The molecule has 4 rings (SSSR count). The minimum atomic E-state index is -0.150. The summed E-state index contributed by atoms with van der Waals surface area (Å²) in [5, 5.41) is 2.88. The molecule has 0 saturated carbocycles. The molecular formula is C20H19N3O3S. The van der Waals surface area contributed by atoms with Crippen LogP contribution in [0.1, 0.15) is 9.67 Å². The van der Waals surface area contributed by atoms with Gasteiger partial charge in [0.2, 0.25) is 0 Å². The van der Waals surface area contributed by atoms with Gasteiger partial charge < -0.3 is 19.7 Å². The second-order valence-electron chi connectivity index (χ2n) is 6.28. The molecule has 0 spiro atoms. The Balaban J connectivity index is 1.49. The monoisotopic (exact) mass is 381 g/mol. The number of carbonyl (C=O) groups excluding carboxylic acids is 1. The summed E-state index contributed by atoms with van der Waals surface area (Å²) in [4.78, 5) is 20.4. The van der Waals surface area contributed by atoms with Gasteiger partial charge in [-0.2, -0.15) is 0 Å². The molecule has 6 nitrogen and oxygen atoms in total. The molecule has 0 saturated heterocycles. The van der Waals surface area contributed by atoms with E-state index in [0.29, 0.717) is 23.8 Å². The van der Waals surface area contributed by atoms with Gasteiger partial charge in [-0.3, -0.25) is 4.79 Å². The normalized spacial score (nSPS) is 12.5. The molecule has 0 fully saturated rings. The third-order valence-corrected chi connectivity index (χ3v) is 5.25. The van der Waals surface area contributed by atoms with E-state index in [0.717, 1.165) is 27.8 Å². The maximum absolute atomic E-state index is 12.5. The third-order valence-electron chi connectivity index (χ3n) is 4.12. The predicted molar refractivity (Wildman–Crippen MR) is 107 cm³/mol. The Labute approximate surface area is 161 Å². The largest absolute Gasteiger partial charge is 0.486 e. The minimum absolute atomic E-state index is 0.150. The third kappa shape index (κ3) is 3.73. The molecule has 27 heavy (non-hydrogen) atoms. The van der Waals surface area contributed by atoms with Crippen LogP contribution in [0.4, 0.5) is 11.5 Å². The van der Waals surface area contributed by atoms with Crippen molar-refractivity contribution in [3.05, 3.63) is 53.5 Å². The number of fused-ring (bicyclic) bond motifs is 1. The van der Waals surface area contributed by atoms with Crippen LogP contribution in [0.15, 0.2) is 48.7 Å². The van der Waals surface area contributed by atoms with Gasteiger partial charge in [-0.05, 0) is 48.0 Å². The predicted octanol–water partition coefficient (Wildman–Crippen LogP) is 3.90. The molecule has 0 bridgehead atoms. The number of carbonyl (C=O) groups is 1. The van der Waals surface area contributed by atoms with E-state index >= 15 is 0 Å². The lowest BCUT2D eigenvalue weighted by atomic mass is 10.1. The van der Waals surface area contributed by atoms with Crippen LogP contribution >= 0.6 is 11.3 Å². The highest BCUT2D eigenvalue weighted by Crippen LogP contribution is 2.37. The molecular weight excluding hydrogens is 362 g/mol. The molecule has 1 amide bonds. The number of hydrogen-bond acceptors (Lipinski definition) is 6. The second-order valence-corrected chi connectivity index (χ2v) is 7.36. The molecule has 0 aliphatic carbocycles. The first kappa shape index (κ1) is 17.4. The summed E-state index contributed by atoms with van der Waals surface area (Å²) >= 11 is 1.43. The van der Waals surface area contributed by atoms with Gasteiger partial charge in [-0.25, -0.2) is 4.98 Å². The van der Waals surface area contributed by atoms with Gasteiger partial charge in [0, 0.05) is 19.0 Å². The van der Waals surface area contributed by atoms with Gasteiger partial charge in [0.15, 0.2) is 11.5 Å². The first-order valence-corrected chi connectivity index (χ1v) is 9.36. The molecule has 1 aromatic carbocycles. The van der Waals surface area contributed by atoms with Gasteiger partial charge in [-0.15, -0.1) is 11.3 Å². The lowest BCUT2D eigenvalue weighted by molar-refractivity contribution is 0.103. The van der Waals surface area contributed by atoms with Crippen LogP contribution in [0, 0.1) is 0 Å². The van der Waals surface area contributed by atoms with Gasteiger partial charge in [-0.1, -0.05) is 0 Å². The van der Waals surface area contributed by atoms with Crippen molar-refractivity contribution in [2.45, 2.75) is 0 Å². The maximum atomic E-state index is 12.5. The van der Waals surface area contributed by atoms with Crippen LogP contribution in [0.2, 0.25) is 0 Å². The molecule has 7 heteroatoms. The van der Waals surface area contributed by atoms with E-state index < -0.39 is 0 Å². The highest BCUT2D eigenvalue weighted by molar-refractivity contribution is 7.17. The Bertz CT molecular complexity index is 967. The Morgan fingerprint density at radius 3 is 2.63 bits per heavy atom. The van der Waals surface area contributed by atoms with Crippen molar-refractivity contribution in [1.82, 2.24) is 4.98 Å². The number of aromatic nitrogens is 1. The highest BCUT2D eigenvalue weighted by Gasteiger charge is 2.15. The zero-order valence-electron chi connectivity index (χ0n) is 15.1. The van der Waals surface area contributed by atoms with Crippen molar-refractivity contribution in [3.8, 4) is 21.9 Å². The smallest absolute Gasteiger partial charge is 0.265 e. The van der Waals surface area contributed by atoms with Gasteiger partial charge >= 0.3 is 0 Å². The summed E-state index contributed by atoms with van der Waals surface area (Å²) in [6.07, 6.45) is 1.66. The summed E-state index contributed by atoms with van der Waals surface area (Å²) in [6, 6.07) is 13.3. The molecule has 3 heterocycles. The van der Waals surface area contributed by atoms with E-state index in [4.69, 9.17) is 9.47 Å². The molecule has 138 valence electrons. The number of thiophene rings is 1. The number of amides is 1.